The standard InChI is InChI=1S/C12H17NS/c1-9(2)14-8-10-3-4-11-6-13-7-12(11)5-10/h3-5,9,13H,6-8H2,1-2H3. The van der Waals surface area contributed by atoms with E-state index in [1.165, 1.54) is 16.7 Å². The molecule has 0 radical (unpaired) electrons. The van der Waals surface area contributed by atoms with Gasteiger partial charge in [0.05, 0.1) is 0 Å². The van der Waals surface area contributed by atoms with Crippen molar-refractivity contribution in [2.75, 3.05) is 0 Å². The highest BCUT2D eigenvalue weighted by Crippen LogP contribution is 2.21. The van der Waals surface area contributed by atoms with Crippen molar-refractivity contribution in [2.24, 2.45) is 0 Å². The van der Waals surface area contributed by atoms with Gasteiger partial charge in [-0.1, -0.05) is 32.0 Å². The molecule has 14 heavy (non-hydrogen) atoms. The SMILES string of the molecule is CC(C)SCc1ccc2c(c1)CNC2. The van der Waals surface area contributed by atoms with Gasteiger partial charge in [0.25, 0.3) is 0 Å². The number of fused-ring (bicyclic) bond motifs is 1. The maximum atomic E-state index is 3.37. The Morgan fingerprint density at radius 2 is 2.07 bits per heavy atom. The van der Waals surface area contributed by atoms with Gasteiger partial charge in [0.1, 0.15) is 0 Å². The van der Waals surface area contributed by atoms with Gasteiger partial charge in [0.2, 0.25) is 0 Å². The fraction of sp³-hybridized carbons (Fsp3) is 0.500. The molecule has 0 aromatic heterocycles. The van der Waals surface area contributed by atoms with Gasteiger partial charge in [0, 0.05) is 18.8 Å². The van der Waals surface area contributed by atoms with Crippen LogP contribution < -0.4 is 5.32 Å². The summed E-state index contributed by atoms with van der Waals surface area (Å²) in [5.41, 5.74) is 4.43. The van der Waals surface area contributed by atoms with E-state index in [-0.39, 0.29) is 0 Å². The molecule has 1 heterocycles. The smallest absolute Gasteiger partial charge is 0.0212 e. The Morgan fingerprint density at radius 3 is 2.86 bits per heavy atom. The van der Waals surface area contributed by atoms with Gasteiger partial charge in [-0.3, -0.25) is 0 Å². The van der Waals surface area contributed by atoms with Crippen LogP contribution in [0.3, 0.4) is 0 Å². The van der Waals surface area contributed by atoms with E-state index in [4.69, 9.17) is 0 Å². The average Bonchev–Trinajstić information content (AvgIpc) is 2.61. The van der Waals surface area contributed by atoms with Gasteiger partial charge in [0.15, 0.2) is 0 Å². The minimum atomic E-state index is 0.723. The quantitative estimate of drug-likeness (QED) is 0.818. The summed E-state index contributed by atoms with van der Waals surface area (Å²) in [6.07, 6.45) is 0. The van der Waals surface area contributed by atoms with Crippen molar-refractivity contribution in [3.05, 3.63) is 34.9 Å². The van der Waals surface area contributed by atoms with Crippen LogP contribution in [-0.2, 0) is 18.8 Å². The number of thioether (sulfide) groups is 1. The Labute approximate surface area is 90.3 Å². The summed E-state index contributed by atoms with van der Waals surface area (Å²) in [6, 6.07) is 6.89. The van der Waals surface area contributed by atoms with Crippen molar-refractivity contribution in [3.63, 3.8) is 0 Å². The Kier molecular flexibility index (Phi) is 3.14. The van der Waals surface area contributed by atoms with Crippen molar-refractivity contribution >= 4 is 11.8 Å². The van der Waals surface area contributed by atoms with E-state index in [0.717, 1.165) is 24.1 Å². The molecule has 0 bridgehead atoms. The molecule has 1 N–H and O–H groups in total. The summed E-state index contributed by atoms with van der Waals surface area (Å²) in [4.78, 5) is 0. The van der Waals surface area contributed by atoms with Crippen molar-refractivity contribution < 1.29 is 0 Å². The summed E-state index contributed by atoms with van der Waals surface area (Å²) >= 11 is 2.01. The van der Waals surface area contributed by atoms with E-state index in [1.54, 1.807) is 0 Å². The first-order valence-electron chi connectivity index (χ1n) is 5.18. The highest BCUT2D eigenvalue weighted by molar-refractivity contribution is 7.99. The van der Waals surface area contributed by atoms with E-state index in [0.29, 0.717) is 0 Å². The lowest BCUT2D eigenvalue weighted by atomic mass is 10.1. The van der Waals surface area contributed by atoms with Crippen LogP contribution in [0.25, 0.3) is 0 Å². The molecule has 1 nitrogen and oxygen atoms in total. The van der Waals surface area contributed by atoms with Crippen LogP contribution >= 0.6 is 11.8 Å². The molecule has 0 saturated carbocycles. The molecular weight excluding hydrogens is 190 g/mol. The lowest BCUT2D eigenvalue weighted by molar-refractivity contribution is 0.764. The molecular formula is C12H17NS. The molecule has 0 atom stereocenters. The predicted molar refractivity (Wildman–Crippen MR) is 63.4 cm³/mol. The van der Waals surface area contributed by atoms with Crippen LogP contribution in [0.1, 0.15) is 30.5 Å². The zero-order chi connectivity index (χ0) is 9.97. The second-order valence-corrected chi connectivity index (χ2v) is 5.63. The Morgan fingerprint density at radius 1 is 1.29 bits per heavy atom. The number of rotatable bonds is 3. The Balaban J connectivity index is 2.05. The monoisotopic (exact) mass is 207 g/mol. The van der Waals surface area contributed by atoms with Gasteiger partial charge in [-0.2, -0.15) is 11.8 Å². The molecule has 2 heteroatoms. The number of hydrogen-bond acceptors (Lipinski definition) is 2. The third-order valence-corrected chi connectivity index (χ3v) is 3.65. The fourth-order valence-electron chi connectivity index (χ4n) is 1.70. The van der Waals surface area contributed by atoms with Crippen molar-refractivity contribution in [3.8, 4) is 0 Å². The second-order valence-electron chi connectivity index (χ2n) is 4.07. The summed E-state index contributed by atoms with van der Waals surface area (Å²) in [5.74, 6) is 1.14. The van der Waals surface area contributed by atoms with Gasteiger partial charge in [-0.25, -0.2) is 0 Å². The molecule has 0 spiro atoms. The molecule has 1 aromatic carbocycles. The molecule has 1 aromatic rings. The molecule has 1 aliphatic rings. The summed E-state index contributed by atoms with van der Waals surface area (Å²) < 4.78 is 0. The highest BCUT2D eigenvalue weighted by atomic mass is 32.2. The molecule has 0 fully saturated rings. The first kappa shape index (κ1) is 10.1. The van der Waals surface area contributed by atoms with Gasteiger partial charge < -0.3 is 5.32 Å². The van der Waals surface area contributed by atoms with Crippen molar-refractivity contribution in [2.45, 2.75) is 37.9 Å². The van der Waals surface area contributed by atoms with Crippen LogP contribution in [0.15, 0.2) is 18.2 Å². The summed E-state index contributed by atoms with van der Waals surface area (Å²) in [6.45, 7) is 6.60. The molecule has 0 unspecified atom stereocenters. The van der Waals surface area contributed by atoms with Crippen LogP contribution in [0, 0.1) is 0 Å². The lowest BCUT2D eigenvalue weighted by Gasteiger charge is -2.06. The minimum absolute atomic E-state index is 0.723. The fourth-order valence-corrected chi connectivity index (χ4v) is 2.41. The summed E-state index contributed by atoms with van der Waals surface area (Å²) in [5, 5.41) is 4.10. The normalized spacial score (nSPS) is 14.8. The lowest BCUT2D eigenvalue weighted by Crippen LogP contribution is -1.99. The van der Waals surface area contributed by atoms with Crippen molar-refractivity contribution in [1.82, 2.24) is 5.32 Å². The van der Waals surface area contributed by atoms with E-state index >= 15 is 0 Å². The molecule has 1 aliphatic heterocycles. The second kappa shape index (κ2) is 4.37. The predicted octanol–water partition coefficient (Wildman–Crippen LogP) is 2.93. The molecule has 0 aliphatic carbocycles. The molecule has 76 valence electrons. The third-order valence-electron chi connectivity index (χ3n) is 2.48. The maximum Gasteiger partial charge on any atom is 0.0212 e. The van der Waals surface area contributed by atoms with E-state index in [2.05, 4.69) is 37.4 Å². The van der Waals surface area contributed by atoms with Gasteiger partial charge in [-0.05, 0) is 21.9 Å². The first-order valence-corrected chi connectivity index (χ1v) is 6.23. The van der Waals surface area contributed by atoms with E-state index in [9.17, 15) is 0 Å². The van der Waals surface area contributed by atoms with Crippen LogP contribution in [-0.4, -0.2) is 5.25 Å². The van der Waals surface area contributed by atoms with Crippen LogP contribution in [0.2, 0.25) is 0 Å². The Hall–Kier alpha value is -0.470. The maximum absolute atomic E-state index is 3.37. The van der Waals surface area contributed by atoms with Gasteiger partial charge >= 0.3 is 0 Å². The van der Waals surface area contributed by atoms with E-state index < -0.39 is 0 Å². The topological polar surface area (TPSA) is 12.0 Å². The van der Waals surface area contributed by atoms with Crippen molar-refractivity contribution in [1.29, 1.82) is 0 Å². The number of hydrogen-bond donors (Lipinski definition) is 1. The van der Waals surface area contributed by atoms with Crippen LogP contribution in [0.4, 0.5) is 0 Å². The average molecular weight is 207 g/mol. The van der Waals surface area contributed by atoms with Crippen LogP contribution in [0.5, 0.6) is 0 Å². The highest BCUT2D eigenvalue weighted by Gasteiger charge is 2.09. The number of benzene rings is 1. The third kappa shape index (κ3) is 2.31. The minimum Gasteiger partial charge on any atom is -0.309 e. The zero-order valence-corrected chi connectivity index (χ0v) is 9.66. The van der Waals surface area contributed by atoms with E-state index in [1.807, 2.05) is 11.8 Å². The molecule has 0 amide bonds. The molecule has 2 rings (SSSR count). The van der Waals surface area contributed by atoms with Gasteiger partial charge in [-0.15, -0.1) is 0 Å². The summed E-state index contributed by atoms with van der Waals surface area (Å²) in [7, 11) is 0. The number of nitrogens with one attached hydrogen (secondary N) is 1. The molecule has 0 saturated heterocycles. The largest absolute Gasteiger partial charge is 0.309 e. The zero-order valence-electron chi connectivity index (χ0n) is 8.84. The Bertz CT molecular complexity index is 320. The first-order chi connectivity index (χ1) is 6.75.